The molecule has 0 saturated heterocycles. The highest BCUT2D eigenvalue weighted by molar-refractivity contribution is 9.10. The number of carbonyl (C=O) groups excluding carboxylic acids is 1. The van der Waals surface area contributed by atoms with Crippen molar-refractivity contribution in [3.8, 4) is 11.6 Å². The molecule has 2 aromatic carbocycles. The summed E-state index contributed by atoms with van der Waals surface area (Å²) < 4.78 is 20.8. The van der Waals surface area contributed by atoms with E-state index in [1.54, 1.807) is 45.9 Å². The van der Waals surface area contributed by atoms with Crippen LogP contribution in [0.2, 0.25) is 0 Å². The molecule has 3 aromatic rings. The number of nitrogens with one attached hydrogen (secondary N) is 2. The molecule has 0 aliphatic rings. The van der Waals surface area contributed by atoms with Crippen molar-refractivity contribution in [2.75, 3.05) is 6.54 Å². The number of halogens is 2. The Kier molecular flexibility index (Phi) is 8.89. The third kappa shape index (κ3) is 7.17. The lowest BCUT2D eigenvalue weighted by molar-refractivity contribution is 0.0694. The number of nitrogens with zero attached hydrogens (tertiary/aromatic N) is 2. The summed E-state index contributed by atoms with van der Waals surface area (Å²) in [6, 6.07) is 8.79. The van der Waals surface area contributed by atoms with Crippen molar-refractivity contribution in [3.63, 3.8) is 0 Å². The number of ether oxygens (including phenoxy) is 1. The second-order valence-corrected chi connectivity index (χ2v) is 10.1. The van der Waals surface area contributed by atoms with Crippen molar-refractivity contribution in [3.05, 3.63) is 85.1 Å². The first-order chi connectivity index (χ1) is 17.8. The maximum Gasteiger partial charge on any atom is 0.404 e. The van der Waals surface area contributed by atoms with Crippen molar-refractivity contribution >= 4 is 27.9 Å². The fourth-order valence-corrected chi connectivity index (χ4v) is 3.95. The second-order valence-electron chi connectivity index (χ2n) is 9.28. The van der Waals surface area contributed by atoms with Gasteiger partial charge in [-0.05, 0) is 84.6 Å². The minimum absolute atomic E-state index is 0.00180. The molecule has 202 valence electrons. The molecule has 4 N–H and O–H groups in total. The quantitative estimate of drug-likeness (QED) is 0.298. The molecule has 0 unspecified atom stereocenters. The zero-order valence-corrected chi connectivity index (χ0v) is 22.8. The molecular formula is C26H28BrFN4O6. The van der Waals surface area contributed by atoms with Gasteiger partial charge in [-0.1, -0.05) is 12.1 Å². The van der Waals surface area contributed by atoms with Crippen LogP contribution in [0.1, 0.15) is 46.7 Å². The molecule has 1 aromatic heterocycles. The lowest BCUT2D eigenvalue weighted by Crippen LogP contribution is -2.38. The van der Waals surface area contributed by atoms with Gasteiger partial charge in [0, 0.05) is 18.7 Å². The van der Waals surface area contributed by atoms with E-state index < -0.39 is 29.0 Å². The van der Waals surface area contributed by atoms with Crippen molar-refractivity contribution < 1.29 is 28.9 Å². The zero-order chi connectivity index (χ0) is 28.2. The van der Waals surface area contributed by atoms with E-state index in [9.17, 15) is 23.9 Å². The minimum atomic E-state index is -1.25. The van der Waals surface area contributed by atoms with Crippen LogP contribution in [0.5, 0.6) is 5.88 Å². The molecule has 12 heteroatoms. The van der Waals surface area contributed by atoms with Gasteiger partial charge in [0.05, 0.1) is 11.3 Å². The third-order valence-corrected chi connectivity index (χ3v) is 6.20. The first-order valence-electron chi connectivity index (χ1n) is 11.5. The molecule has 0 aliphatic carbocycles. The summed E-state index contributed by atoms with van der Waals surface area (Å²) in [7, 11) is 0. The Morgan fingerprint density at radius 1 is 1.13 bits per heavy atom. The number of benzene rings is 2. The number of amides is 2. The summed E-state index contributed by atoms with van der Waals surface area (Å²) in [4.78, 5) is 41.2. The van der Waals surface area contributed by atoms with Crippen LogP contribution in [0.4, 0.5) is 9.18 Å². The van der Waals surface area contributed by atoms with E-state index in [1.807, 2.05) is 0 Å². The van der Waals surface area contributed by atoms with Crippen molar-refractivity contribution in [1.82, 2.24) is 20.2 Å². The summed E-state index contributed by atoms with van der Waals surface area (Å²) in [6.45, 7) is 6.39. The van der Waals surface area contributed by atoms with Gasteiger partial charge in [0.25, 0.3) is 11.5 Å². The number of hydrogen-bond donors (Lipinski definition) is 4. The molecular weight excluding hydrogens is 563 g/mol. The standard InChI is InChI=1S/C26H28BrFN4O6/c1-14-5-6-16(22(33)30-13-26(3,4)37)10-20(14)32-15(2)31-23(21(27)24(32)34)38-12-17-7-8-19(28)9-18(17)11-29-25(35)36/h5-10,29,37H,11-13H2,1-4H3,(H,30,33)(H,35,36). The van der Waals surface area contributed by atoms with Gasteiger partial charge in [0.15, 0.2) is 0 Å². The first-order valence-corrected chi connectivity index (χ1v) is 12.3. The lowest BCUT2D eigenvalue weighted by atomic mass is 10.1. The number of carbonyl (C=O) groups is 2. The molecule has 0 fully saturated rings. The van der Waals surface area contributed by atoms with Crippen LogP contribution >= 0.6 is 15.9 Å². The maximum atomic E-state index is 13.7. The van der Waals surface area contributed by atoms with E-state index in [1.165, 1.54) is 22.8 Å². The molecule has 3 rings (SSSR count). The predicted molar refractivity (Wildman–Crippen MR) is 141 cm³/mol. The minimum Gasteiger partial charge on any atom is -0.472 e. The predicted octanol–water partition coefficient (Wildman–Crippen LogP) is 3.60. The van der Waals surface area contributed by atoms with Crippen molar-refractivity contribution in [2.45, 2.75) is 46.4 Å². The van der Waals surface area contributed by atoms with Crippen molar-refractivity contribution in [2.24, 2.45) is 0 Å². The van der Waals surface area contributed by atoms with Crippen LogP contribution in [-0.4, -0.2) is 43.9 Å². The van der Waals surface area contributed by atoms with Crippen LogP contribution in [0, 0.1) is 19.7 Å². The molecule has 10 nitrogen and oxygen atoms in total. The number of aromatic nitrogens is 2. The molecule has 0 saturated carbocycles. The van der Waals surface area contributed by atoms with E-state index >= 15 is 0 Å². The van der Waals surface area contributed by atoms with Gasteiger partial charge in [0.2, 0.25) is 5.88 Å². The van der Waals surface area contributed by atoms with Crippen LogP contribution in [0.3, 0.4) is 0 Å². The Labute approximate surface area is 226 Å². The molecule has 0 radical (unpaired) electrons. The summed E-state index contributed by atoms with van der Waals surface area (Å²) >= 11 is 3.26. The smallest absolute Gasteiger partial charge is 0.404 e. The highest BCUT2D eigenvalue weighted by Gasteiger charge is 2.20. The van der Waals surface area contributed by atoms with Gasteiger partial charge < -0.3 is 25.6 Å². The fourth-order valence-electron chi connectivity index (χ4n) is 3.57. The van der Waals surface area contributed by atoms with Crippen LogP contribution < -0.4 is 20.9 Å². The van der Waals surface area contributed by atoms with Crippen molar-refractivity contribution in [1.29, 1.82) is 0 Å². The Hall–Kier alpha value is -3.77. The Morgan fingerprint density at radius 3 is 2.50 bits per heavy atom. The molecule has 0 bridgehead atoms. The largest absolute Gasteiger partial charge is 0.472 e. The van der Waals surface area contributed by atoms with Crippen LogP contribution in [0.25, 0.3) is 5.69 Å². The third-order valence-electron chi connectivity index (χ3n) is 5.52. The molecule has 38 heavy (non-hydrogen) atoms. The van der Waals surface area contributed by atoms with Gasteiger partial charge in [-0.2, -0.15) is 4.98 Å². The van der Waals surface area contributed by atoms with Gasteiger partial charge >= 0.3 is 6.09 Å². The van der Waals surface area contributed by atoms with E-state index in [0.29, 0.717) is 22.4 Å². The monoisotopic (exact) mass is 590 g/mol. The summed E-state index contributed by atoms with van der Waals surface area (Å²) in [6.07, 6.45) is -1.25. The van der Waals surface area contributed by atoms with Gasteiger partial charge in [-0.15, -0.1) is 0 Å². The molecule has 0 aliphatic heterocycles. The lowest BCUT2D eigenvalue weighted by Gasteiger charge is -2.19. The first kappa shape index (κ1) is 28.8. The molecule has 0 atom stereocenters. The Morgan fingerprint density at radius 2 is 1.84 bits per heavy atom. The maximum absolute atomic E-state index is 13.7. The number of carboxylic acid groups (broad SMARTS) is 1. The SMILES string of the molecule is Cc1ccc(C(=O)NCC(C)(C)O)cc1-n1c(C)nc(OCc2ccc(F)cc2CNC(=O)O)c(Br)c1=O. The highest BCUT2D eigenvalue weighted by atomic mass is 79.9. The number of aliphatic hydroxyl groups is 1. The van der Waals surface area contributed by atoms with E-state index in [2.05, 4.69) is 31.5 Å². The Balaban J connectivity index is 1.90. The van der Waals surface area contributed by atoms with E-state index in [-0.39, 0.29) is 35.9 Å². The summed E-state index contributed by atoms with van der Waals surface area (Å²) in [5, 5.41) is 23.6. The molecule has 1 heterocycles. The zero-order valence-electron chi connectivity index (χ0n) is 21.3. The molecule has 0 spiro atoms. The topological polar surface area (TPSA) is 143 Å². The van der Waals surface area contributed by atoms with E-state index in [4.69, 9.17) is 9.84 Å². The second kappa shape index (κ2) is 11.7. The number of aryl methyl sites for hydroxylation is 2. The Bertz CT molecular complexity index is 1430. The number of hydrogen-bond acceptors (Lipinski definition) is 6. The summed E-state index contributed by atoms with van der Waals surface area (Å²) in [5.41, 5.74) is 0.804. The van der Waals surface area contributed by atoms with Gasteiger partial charge in [-0.3, -0.25) is 14.2 Å². The van der Waals surface area contributed by atoms with Gasteiger partial charge in [-0.25, -0.2) is 9.18 Å². The van der Waals surface area contributed by atoms with Crippen LogP contribution in [-0.2, 0) is 13.2 Å². The van der Waals surface area contributed by atoms with Gasteiger partial charge in [0.1, 0.15) is 22.7 Å². The summed E-state index contributed by atoms with van der Waals surface area (Å²) in [5.74, 6) is -0.641. The van der Waals surface area contributed by atoms with E-state index in [0.717, 1.165) is 5.56 Å². The fraction of sp³-hybridized carbons (Fsp3) is 0.308. The number of rotatable bonds is 9. The normalized spacial score (nSPS) is 11.2. The average Bonchev–Trinajstić information content (AvgIpc) is 2.84. The average molecular weight is 591 g/mol. The highest BCUT2D eigenvalue weighted by Crippen LogP contribution is 2.24. The van der Waals surface area contributed by atoms with Crippen LogP contribution in [0.15, 0.2) is 45.7 Å². The molecule has 2 amide bonds.